The molecule has 3 nitrogen and oxygen atoms in total. The minimum absolute atomic E-state index is 1.02. The number of aryl methyl sites for hydroxylation is 2. The monoisotopic (exact) mass is 327 g/mol. The Bertz CT molecular complexity index is 1080. The molecule has 122 valence electrons. The number of hydrogen-bond donors (Lipinski definition) is 0. The highest BCUT2D eigenvalue weighted by Gasteiger charge is 2.21. The van der Waals surface area contributed by atoms with Crippen molar-refractivity contribution in [1.29, 1.82) is 0 Å². The van der Waals surface area contributed by atoms with Gasteiger partial charge >= 0.3 is 0 Å². The Kier molecular flexibility index (Phi) is 3.77. The summed E-state index contributed by atoms with van der Waals surface area (Å²) >= 11 is 0. The van der Waals surface area contributed by atoms with Crippen molar-refractivity contribution in [3.8, 4) is 16.9 Å². The number of nitrogens with zero attached hydrogens (tertiary/aromatic N) is 3. The Morgan fingerprint density at radius 1 is 0.840 bits per heavy atom. The predicted molar refractivity (Wildman–Crippen MR) is 99.4 cm³/mol. The third-order valence-electron chi connectivity index (χ3n) is 4.77. The summed E-state index contributed by atoms with van der Waals surface area (Å²) in [5, 5.41) is 1.17. The first kappa shape index (κ1) is 15.5. The zero-order valence-electron chi connectivity index (χ0n) is 14.8. The summed E-state index contributed by atoms with van der Waals surface area (Å²) in [6.45, 7) is 4.33. The maximum Gasteiger partial charge on any atom is 0.287 e. The lowest BCUT2D eigenvalue weighted by molar-refractivity contribution is -0.662. The van der Waals surface area contributed by atoms with Crippen LogP contribution in [0.1, 0.15) is 11.3 Å². The van der Waals surface area contributed by atoms with Crippen LogP contribution in [0.4, 0.5) is 0 Å². The van der Waals surface area contributed by atoms with Gasteiger partial charge in [0.05, 0.1) is 12.4 Å². The number of para-hydroxylation sites is 1. The van der Waals surface area contributed by atoms with Crippen LogP contribution in [-0.4, -0.2) is 4.98 Å². The summed E-state index contributed by atoms with van der Waals surface area (Å²) in [5.41, 5.74) is 7.12. The molecule has 0 atom stereocenters. The third-order valence-corrected chi connectivity index (χ3v) is 4.77. The lowest BCUT2D eigenvalue weighted by Crippen LogP contribution is -2.35. The molecule has 3 heteroatoms. The summed E-state index contributed by atoms with van der Waals surface area (Å²) in [7, 11) is 2.06. The maximum absolute atomic E-state index is 4.55. The van der Waals surface area contributed by atoms with Crippen LogP contribution >= 0.6 is 0 Å². The quantitative estimate of drug-likeness (QED) is 0.515. The average molecular weight is 327 g/mol. The standard InChI is InChI=1S/C22H21N3/c1-16-9-6-7-14-25(16)21-13-8-11-18(17(21)2)22-19-10-4-5-12-20(19)23-15-24(22)3/h4-15H,1-3H3/q+2. The molecule has 0 unspecified atom stereocenters. The van der Waals surface area contributed by atoms with Gasteiger partial charge in [0.25, 0.3) is 6.33 Å². The second-order valence-corrected chi connectivity index (χ2v) is 6.38. The van der Waals surface area contributed by atoms with Crippen LogP contribution in [0, 0.1) is 13.8 Å². The van der Waals surface area contributed by atoms with E-state index >= 15 is 0 Å². The van der Waals surface area contributed by atoms with Gasteiger partial charge in [0.1, 0.15) is 5.69 Å². The molecule has 0 spiro atoms. The Labute approximate surface area is 147 Å². The molecule has 2 aromatic carbocycles. The normalized spacial score (nSPS) is 11.0. The Morgan fingerprint density at radius 2 is 1.64 bits per heavy atom. The van der Waals surface area contributed by atoms with E-state index in [0.29, 0.717) is 0 Å². The van der Waals surface area contributed by atoms with E-state index in [1.165, 1.54) is 33.6 Å². The smallest absolute Gasteiger partial charge is 0.232 e. The fraction of sp³-hybridized carbons (Fsp3) is 0.136. The second kappa shape index (κ2) is 6.10. The topological polar surface area (TPSA) is 20.6 Å². The van der Waals surface area contributed by atoms with Gasteiger partial charge in [-0.2, -0.15) is 4.57 Å². The van der Waals surface area contributed by atoms with Gasteiger partial charge in [-0.3, -0.25) is 0 Å². The molecule has 0 radical (unpaired) electrons. The molecule has 2 heterocycles. The van der Waals surface area contributed by atoms with Crippen molar-refractivity contribution >= 4 is 10.9 Å². The second-order valence-electron chi connectivity index (χ2n) is 6.38. The molecule has 0 fully saturated rings. The van der Waals surface area contributed by atoms with Crippen molar-refractivity contribution in [2.24, 2.45) is 7.05 Å². The summed E-state index contributed by atoms with van der Waals surface area (Å²) in [6.07, 6.45) is 4.01. The first-order valence-electron chi connectivity index (χ1n) is 8.48. The Morgan fingerprint density at radius 3 is 2.48 bits per heavy atom. The first-order valence-corrected chi connectivity index (χ1v) is 8.48. The SMILES string of the molecule is Cc1c(-c2c3ccccc3nc[n+]2C)cccc1-[n+]1ccccc1C. The van der Waals surface area contributed by atoms with Crippen LogP contribution in [0.3, 0.4) is 0 Å². The molecule has 2 aromatic heterocycles. The molecule has 0 bridgehead atoms. The molecule has 0 N–H and O–H groups in total. The Hall–Kier alpha value is -3.07. The molecular formula is C22H21N3+2. The van der Waals surface area contributed by atoms with Gasteiger partial charge in [-0.25, -0.2) is 4.57 Å². The largest absolute Gasteiger partial charge is 0.287 e. The maximum atomic E-state index is 4.55. The van der Waals surface area contributed by atoms with E-state index in [4.69, 9.17) is 0 Å². The van der Waals surface area contributed by atoms with Gasteiger partial charge in [-0.1, -0.05) is 24.3 Å². The van der Waals surface area contributed by atoms with Gasteiger partial charge in [0, 0.05) is 36.2 Å². The average Bonchev–Trinajstić information content (AvgIpc) is 2.63. The van der Waals surface area contributed by atoms with Gasteiger partial charge in [-0.15, -0.1) is 0 Å². The zero-order chi connectivity index (χ0) is 17.4. The molecule has 0 saturated heterocycles. The van der Waals surface area contributed by atoms with Crippen molar-refractivity contribution in [3.63, 3.8) is 0 Å². The van der Waals surface area contributed by atoms with Crippen molar-refractivity contribution in [3.05, 3.63) is 84.4 Å². The summed E-state index contributed by atoms with van der Waals surface area (Å²) in [5.74, 6) is 0. The van der Waals surface area contributed by atoms with Crippen molar-refractivity contribution < 1.29 is 9.13 Å². The molecule has 4 aromatic rings. The van der Waals surface area contributed by atoms with Gasteiger partial charge in [0.15, 0.2) is 17.4 Å². The highest BCUT2D eigenvalue weighted by molar-refractivity contribution is 5.91. The molecule has 25 heavy (non-hydrogen) atoms. The fourth-order valence-electron chi connectivity index (χ4n) is 3.46. The van der Waals surface area contributed by atoms with E-state index in [1.807, 2.05) is 12.4 Å². The van der Waals surface area contributed by atoms with E-state index in [1.54, 1.807) is 0 Å². The molecule has 4 rings (SSSR count). The minimum Gasteiger partial charge on any atom is -0.232 e. The van der Waals surface area contributed by atoms with Gasteiger partial charge in [-0.05, 0) is 30.1 Å². The first-order chi connectivity index (χ1) is 12.2. The van der Waals surface area contributed by atoms with Crippen LogP contribution in [0.5, 0.6) is 0 Å². The number of hydrogen-bond acceptors (Lipinski definition) is 1. The van der Waals surface area contributed by atoms with Crippen molar-refractivity contribution in [2.75, 3.05) is 0 Å². The third kappa shape index (κ3) is 2.58. The number of aromatic nitrogens is 3. The van der Waals surface area contributed by atoms with Crippen molar-refractivity contribution in [2.45, 2.75) is 13.8 Å². The van der Waals surface area contributed by atoms with E-state index in [0.717, 1.165) is 5.52 Å². The molecular weight excluding hydrogens is 306 g/mol. The number of fused-ring (bicyclic) bond motifs is 1. The van der Waals surface area contributed by atoms with Crippen molar-refractivity contribution in [1.82, 2.24) is 4.98 Å². The number of benzene rings is 2. The van der Waals surface area contributed by atoms with E-state index in [9.17, 15) is 0 Å². The minimum atomic E-state index is 1.02. The van der Waals surface area contributed by atoms with Crippen LogP contribution in [0.25, 0.3) is 27.8 Å². The van der Waals surface area contributed by atoms with E-state index in [-0.39, 0.29) is 0 Å². The van der Waals surface area contributed by atoms with E-state index in [2.05, 4.69) is 95.8 Å². The molecule has 0 aliphatic carbocycles. The van der Waals surface area contributed by atoms with Crippen LogP contribution in [0.2, 0.25) is 0 Å². The molecule has 0 aliphatic rings. The van der Waals surface area contributed by atoms with Gasteiger partial charge in [0.2, 0.25) is 5.69 Å². The molecule has 0 amide bonds. The summed E-state index contributed by atoms with van der Waals surface area (Å²) in [6, 6.07) is 21.1. The lowest BCUT2D eigenvalue weighted by Gasteiger charge is -2.10. The Balaban J connectivity index is 2.02. The van der Waals surface area contributed by atoms with Crippen LogP contribution in [0.15, 0.2) is 73.2 Å². The predicted octanol–water partition coefficient (Wildman–Crippen LogP) is 3.62. The summed E-state index contributed by atoms with van der Waals surface area (Å²) < 4.78 is 4.35. The summed E-state index contributed by atoms with van der Waals surface area (Å²) in [4.78, 5) is 4.55. The molecule has 0 saturated carbocycles. The number of pyridine rings is 1. The van der Waals surface area contributed by atoms with Gasteiger partial charge < -0.3 is 0 Å². The lowest BCUT2D eigenvalue weighted by atomic mass is 9.99. The van der Waals surface area contributed by atoms with Crippen LogP contribution in [-0.2, 0) is 7.05 Å². The fourth-order valence-corrected chi connectivity index (χ4v) is 3.46. The zero-order valence-corrected chi connectivity index (χ0v) is 14.8. The molecule has 0 aliphatic heterocycles. The van der Waals surface area contributed by atoms with Crippen LogP contribution < -0.4 is 9.13 Å². The van der Waals surface area contributed by atoms with E-state index < -0.39 is 0 Å². The highest BCUT2D eigenvalue weighted by atomic mass is 15.0. The highest BCUT2D eigenvalue weighted by Crippen LogP contribution is 2.28. The number of rotatable bonds is 2.